The van der Waals surface area contributed by atoms with E-state index in [-0.39, 0.29) is 11.7 Å². The Balaban J connectivity index is 1.25. The van der Waals surface area contributed by atoms with Gasteiger partial charge in [-0.05, 0) is 36.6 Å². The van der Waals surface area contributed by atoms with Crippen molar-refractivity contribution < 1.29 is 9.18 Å². The molecular formula is C24H27FN6O. The molecule has 1 aliphatic heterocycles. The van der Waals surface area contributed by atoms with Crippen molar-refractivity contribution in [2.45, 2.75) is 57.8 Å². The third kappa shape index (κ3) is 4.22. The summed E-state index contributed by atoms with van der Waals surface area (Å²) in [6.45, 7) is 1.85. The lowest BCUT2D eigenvalue weighted by Crippen LogP contribution is -2.38. The molecule has 5 rings (SSSR count). The summed E-state index contributed by atoms with van der Waals surface area (Å²) >= 11 is 0. The molecule has 1 aromatic carbocycles. The van der Waals surface area contributed by atoms with Gasteiger partial charge >= 0.3 is 0 Å². The molecule has 0 unspecified atom stereocenters. The lowest BCUT2D eigenvalue weighted by Gasteiger charge is -2.31. The predicted octanol–water partition coefficient (Wildman–Crippen LogP) is 3.79. The van der Waals surface area contributed by atoms with Crippen LogP contribution in [-0.2, 0) is 19.6 Å². The Morgan fingerprint density at radius 3 is 2.66 bits per heavy atom. The Bertz CT molecular complexity index is 1080. The molecule has 1 amide bonds. The molecule has 1 saturated carbocycles. The fraction of sp³-hybridized carbons (Fsp3) is 0.417. The van der Waals surface area contributed by atoms with Gasteiger partial charge in [0.05, 0.1) is 18.8 Å². The van der Waals surface area contributed by atoms with Crippen LogP contribution in [-0.4, -0.2) is 43.6 Å². The van der Waals surface area contributed by atoms with Crippen LogP contribution < -0.4 is 4.90 Å². The van der Waals surface area contributed by atoms with Crippen molar-refractivity contribution in [3.05, 3.63) is 71.1 Å². The van der Waals surface area contributed by atoms with Gasteiger partial charge in [-0.1, -0.05) is 31.4 Å². The van der Waals surface area contributed by atoms with Gasteiger partial charge in [-0.3, -0.25) is 9.48 Å². The number of rotatable bonds is 5. The maximum absolute atomic E-state index is 13.1. The van der Waals surface area contributed by atoms with E-state index in [0.717, 1.165) is 29.7 Å². The van der Waals surface area contributed by atoms with Gasteiger partial charge in [0, 0.05) is 37.6 Å². The normalized spacial score (nSPS) is 16.2. The zero-order valence-electron chi connectivity index (χ0n) is 18.2. The van der Waals surface area contributed by atoms with Crippen molar-refractivity contribution in [1.82, 2.24) is 24.6 Å². The number of amides is 1. The Morgan fingerprint density at radius 2 is 1.91 bits per heavy atom. The molecule has 1 fully saturated rings. The Morgan fingerprint density at radius 1 is 1.12 bits per heavy atom. The Hall–Kier alpha value is -3.29. The molecule has 3 heterocycles. The number of anilines is 1. The molecule has 7 nitrogen and oxygen atoms in total. The topological polar surface area (TPSA) is 67.2 Å². The van der Waals surface area contributed by atoms with E-state index in [2.05, 4.69) is 15.1 Å². The van der Waals surface area contributed by atoms with E-state index >= 15 is 0 Å². The minimum absolute atomic E-state index is 0.0398. The van der Waals surface area contributed by atoms with Gasteiger partial charge in [0.2, 0.25) is 5.95 Å². The van der Waals surface area contributed by atoms with Crippen LogP contribution in [0.1, 0.15) is 59.4 Å². The summed E-state index contributed by atoms with van der Waals surface area (Å²) in [5.74, 6) is 0.274. The van der Waals surface area contributed by atoms with Gasteiger partial charge in [0.1, 0.15) is 11.5 Å². The minimum atomic E-state index is -0.238. The van der Waals surface area contributed by atoms with E-state index in [1.807, 2.05) is 27.7 Å². The molecule has 32 heavy (non-hydrogen) atoms. The quantitative estimate of drug-likeness (QED) is 0.611. The first-order chi connectivity index (χ1) is 15.6. The van der Waals surface area contributed by atoms with E-state index in [9.17, 15) is 9.18 Å². The Kier molecular flexibility index (Phi) is 5.59. The highest BCUT2D eigenvalue weighted by Crippen LogP contribution is 2.26. The van der Waals surface area contributed by atoms with Crippen molar-refractivity contribution in [3.63, 3.8) is 0 Å². The number of hydrogen-bond donors (Lipinski definition) is 0. The molecule has 8 heteroatoms. The fourth-order valence-corrected chi connectivity index (χ4v) is 4.64. The maximum Gasteiger partial charge on any atom is 0.272 e. The number of carbonyl (C=O) groups excluding carboxylic acids is 1. The molecule has 0 radical (unpaired) electrons. The molecule has 3 aromatic rings. The summed E-state index contributed by atoms with van der Waals surface area (Å²) in [4.78, 5) is 25.9. The van der Waals surface area contributed by atoms with Crippen LogP contribution >= 0.6 is 0 Å². The van der Waals surface area contributed by atoms with Crippen molar-refractivity contribution in [2.24, 2.45) is 0 Å². The second kappa shape index (κ2) is 8.68. The standard InChI is InChI=1S/C24H27FN6O/c1-29(20-5-3-2-4-6-20)23(32)21-11-12-26-24(27-21)30-14-18-15-31(28-22(18)16-30)13-17-7-9-19(25)10-8-17/h7-12,15,20H,2-6,13-14,16H2,1H3. The minimum Gasteiger partial charge on any atom is -0.337 e. The summed E-state index contributed by atoms with van der Waals surface area (Å²) in [7, 11) is 1.88. The predicted molar refractivity (Wildman–Crippen MR) is 119 cm³/mol. The van der Waals surface area contributed by atoms with E-state index < -0.39 is 0 Å². The van der Waals surface area contributed by atoms with Gasteiger partial charge in [-0.25, -0.2) is 14.4 Å². The van der Waals surface area contributed by atoms with Crippen LogP contribution in [0.4, 0.5) is 10.3 Å². The van der Waals surface area contributed by atoms with E-state index in [0.29, 0.717) is 37.3 Å². The van der Waals surface area contributed by atoms with Gasteiger partial charge in [-0.15, -0.1) is 0 Å². The number of benzene rings is 1. The Labute approximate surface area is 186 Å². The van der Waals surface area contributed by atoms with Crippen LogP contribution in [0.15, 0.2) is 42.7 Å². The molecule has 0 bridgehead atoms. The van der Waals surface area contributed by atoms with Crippen LogP contribution in [0, 0.1) is 5.82 Å². The lowest BCUT2D eigenvalue weighted by atomic mass is 9.94. The van der Waals surface area contributed by atoms with Gasteiger partial charge in [0.15, 0.2) is 0 Å². The zero-order valence-corrected chi connectivity index (χ0v) is 18.2. The van der Waals surface area contributed by atoms with Gasteiger partial charge in [0.25, 0.3) is 5.91 Å². The highest BCUT2D eigenvalue weighted by Gasteiger charge is 2.27. The van der Waals surface area contributed by atoms with Gasteiger partial charge in [-0.2, -0.15) is 5.10 Å². The fourth-order valence-electron chi connectivity index (χ4n) is 4.64. The number of hydrogen-bond acceptors (Lipinski definition) is 5. The second-order valence-electron chi connectivity index (χ2n) is 8.73. The first-order valence-corrected chi connectivity index (χ1v) is 11.2. The second-order valence-corrected chi connectivity index (χ2v) is 8.73. The van der Waals surface area contributed by atoms with Crippen molar-refractivity contribution >= 4 is 11.9 Å². The van der Waals surface area contributed by atoms with Crippen molar-refractivity contribution in [2.75, 3.05) is 11.9 Å². The van der Waals surface area contributed by atoms with Crippen LogP contribution in [0.3, 0.4) is 0 Å². The van der Waals surface area contributed by atoms with E-state index in [1.165, 1.54) is 31.4 Å². The highest BCUT2D eigenvalue weighted by molar-refractivity contribution is 5.92. The molecule has 166 valence electrons. The van der Waals surface area contributed by atoms with Crippen LogP contribution in [0.5, 0.6) is 0 Å². The third-order valence-corrected chi connectivity index (χ3v) is 6.47. The zero-order chi connectivity index (χ0) is 22.1. The van der Waals surface area contributed by atoms with Crippen LogP contribution in [0.25, 0.3) is 0 Å². The number of nitrogens with zero attached hydrogens (tertiary/aromatic N) is 6. The first-order valence-electron chi connectivity index (χ1n) is 11.2. The summed E-state index contributed by atoms with van der Waals surface area (Å²) in [5.41, 5.74) is 3.54. The highest BCUT2D eigenvalue weighted by atomic mass is 19.1. The van der Waals surface area contributed by atoms with E-state index in [1.54, 1.807) is 24.4 Å². The maximum atomic E-state index is 13.1. The van der Waals surface area contributed by atoms with Crippen molar-refractivity contribution in [3.8, 4) is 0 Å². The smallest absolute Gasteiger partial charge is 0.272 e. The number of halogens is 1. The SMILES string of the molecule is CN(C(=O)c1ccnc(N2Cc3cn(Cc4ccc(F)cc4)nc3C2)n1)C1CCCCC1. The monoisotopic (exact) mass is 434 g/mol. The molecule has 0 saturated heterocycles. The summed E-state index contributed by atoms with van der Waals surface area (Å²) in [6, 6.07) is 8.47. The molecular weight excluding hydrogens is 407 g/mol. The molecule has 2 aliphatic rings. The van der Waals surface area contributed by atoms with E-state index in [4.69, 9.17) is 0 Å². The largest absolute Gasteiger partial charge is 0.337 e. The van der Waals surface area contributed by atoms with Crippen LogP contribution in [0.2, 0.25) is 0 Å². The summed E-state index contributed by atoms with van der Waals surface area (Å²) in [5, 5.41) is 4.68. The van der Waals surface area contributed by atoms with Gasteiger partial charge < -0.3 is 9.80 Å². The first kappa shape index (κ1) is 20.6. The molecule has 0 spiro atoms. The molecule has 2 aromatic heterocycles. The summed E-state index contributed by atoms with van der Waals surface area (Å²) in [6.07, 6.45) is 9.43. The third-order valence-electron chi connectivity index (χ3n) is 6.47. The number of carbonyl (C=O) groups is 1. The molecule has 0 N–H and O–H groups in total. The average molecular weight is 435 g/mol. The number of aromatic nitrogens is 4. The van der Waals surface area contributed by atoms with Crippen molar-refractivity contribution in [1.29, 1.82) is 0 Å². The molecule has 0 atom stereocenters. The number of fused-ring (bicyclic) bond motifs is 1. The lowest BCUT2D eigenvalue weighted by molar-refractivity contribution is 0.0690. The average Bonchev–Trinajstić information content (AvgIpc) is 3.39. The summed E-state index contributed by atoms with van der Waals surface area (Å²) < 4.78 is 15.0. The molecule has 1 aliphatic carbocycles.